The number of hydrogen-bond acceptors (Lipinski definition) is 6. The van der Waals surface area contributed by atoms with Crippen LogP contribution in [-0.2, 0) is 9.59 Å². The maximum atomic E-state index is 13.6. The maximum Gasteiger partial charge on any atom is 0.301 e. The van der Waals surface area contributed by atoms with E-state index in [4.69, 9.17) is 4.74 Å². The monoisotopic (exact) mass is 452 g/mol. The number of nitrogens with zero attached hydrogens (tertiary/aromatic N) is 2. The number of halogens is 1. The van der Waals surface area contributed by atoms with Gasteiger partial charge < -0.3 is 9.84 Å². The molecule has 0 aliphatic carbocycles. The van der Waals surface area contributed by atoms with Gasteiger partial charge in [0.05, 0.1) is 18.2 Å². The van der Waals surface area contributed by atoms with Gasteiger partial charge in [0.2, 0.25) is 0 Å². The SMILES string of the molecule is CCCCOc1cccc(/C(O)=C2\C(=O)C(=O)N(c3nccs3)C2c2ccc(F)cc2)c1. The molecule has 164 valence electrons. The molecule has 2 heterocycles. The molecule has 1 aliphatic heterocycles. The van der Waals surface area contributed by atoms with Crippen LogP contribution in [0.15, 0.2) is 65.7 Å². The highest BCUT2D eigenvalue weighted by molar-refractivity contribution is 7.14. The highest BCUT2D eigenvalue weighted by Gasteiger charge is 2.48. The number of aromatic nitrogens is 1. The average molecular weight is 453 g/mol. The van der Waals surface area contributed by atoms with Crippen LogP contribution in [0.5, 0.6) is 5.75 Å². The Kier molecular flexibility index (Phi) is 6.32. The van der Waals surface area contributed by atoms with Crippen LogP contribution in [0.25, 0.3) is 5.76 Å². The van der Waals surface area contributed by atoms with E-state index in [0.29, 0.717) is 28.6 Å². The highest BCUT2D eigenvalue weighted by atomic mass is 32.1. The van der Waals surface area contributed by atoms with E-state index in [1.54, 1.807) is 29.6 Å². The van der Waals surface area contributed by atoms with Gasteiger partial charge in [-0.1, -0.05) is 37.6 Å². The molecule has 8 heteroatoms. The topological polar surface area (TPSA) is 79.7 Å². The molecule has 1 amide bonds. The lowest BCUT2D eigenvalue weighted by Gasteiger charge is -2.23. The van der Waals surface area contributed by atoms with E-state index in [-0.39, 0.29) is 11.3 Å². The van der Waals surface area contributed by atoms with E-state index in [0.717, 1.165) is 12.8 Å². The van der Waals surface area contributed by atoms with Crippen LogP contribution >= 0.6 is 11.3 Å². The fourth-order valence-electron chi connectivity index (χ4n) is 3.55. The lowest BCUT2D eigenvalue weighted by molar-refractivity contribution is -0.132. The largest absolute Gasteiger partial charge is 0.507 e. The van der Waals surface area contributed by atoms with Crippen molar-refractivity contribution in [3.05, 3.63) is 82.6 Å². The van der Waals surface area contributed by atoms with Gasteiger partial charge in [-0.25, -0.2) is 9.37 Å². The second kappa shape index (κ2) is 9.32. The van der Waals surface area contributed by atoms with Crippen LogP contribution in [0.1, 0.15) is 36.9 Å². The van der Waals surface area contributed by atoms with Crippen LogP contribution < -0.4 is 9.64 Å². The molecule has 1 N–H and O–H groups in total. The molecule has 1 aliphatic rings. The highest BCUT2D eigenvalue weighted by Crippen LogP contribution is 2.42. The van der Waals surface area contributed by atoms with Crippen molar-refractivity contribution in [2.24, 2.45) is 0 Å². The first-order chi connectivity index (χ1) is 15.5. The maximum absolute atomic E-state index is 13.6. The standard InChI is InChI=1S/C24H21FN2O4S/c1-2-3-12-31-18-6-4-5-16(14-18)21(28)19-20(15-7-9-17(25)10-8-15)27(23(30)22(19)29)24-26-11-13-32-24/h4-11,13-14,20,28H,2-3,12H2,1H3/b21-19+. The molecule has 0 spiro atoms. The summed E-state index contributed by atoms with van der Waals surface area (Å²) >= 11 is 1.19. The third kappa shape index (κ3) is 4.13. The number of ether oxygens (including phenoxy) is 1. The molecule has 1 saturated heterocycles. The van der Waals surface area contributed by atoms with E-state index >= 15 is 0 Å². The molecular formula is C24H21FN2O4S. The Morgan fingerprint density at radius 2 is 2.00 bits per heavy atom. The molecule has 32 heavy (non-hydrogen) atoms. The van der Waals surface area contributed by atoms with Crippen molar-refractivity contribution >= 4 is 33.9 Å². The zero-order valence-electron chi connectivity index (χ0n) is 17.3. The molecule has 1 fully saturated rings. The first-order valence-corrected chi connectivity index (χ1v) is 11.1. The molecule has 1 unspecified atom stereocenters. The molecular weight excluding hydrogens is 431 g/mol. The summed E-state index contributed by atoms with van der Waals surface area (Å²) in [5.74, 6) is -1.85. The second-order valence-corrected chi connectivity index (χ2v) is 8.14. The van der Waals surface area contributed by atoms with Crippen LogP contribution in [0, 0.1) is 5.82 Å². The summed E-state index contributed by atoms with van der Waals surface area (Å²) < 4.78 is 19.3. The second-order valence-electron chi connectivity index (χ2n) is 7.27. The van der Waals surface area contributed by atoms with Crippen molar-refractivity contribution in [1.29, 1.82) is 0 Å². The zero-order valence-corrected chi connectivity index (χ0v) is 18.1. The lowest BCUT2D eigenvalue weighted by Crippen LogP contribution is -2.29. The number of rotatable bonds is 7. The van der Waals surface area contributed by atoms with Crippen LogP contribution in [-0.4, -0.2) is 28.4 Å². The summed E-state index contributed by atoms with van der Waals surface area (Å²) in [6.07, 6.45) is 3.40. The Morgan fingerprint density at radius 1 is 1.22 bits per heavy atom. The van der Waals surface area contributed by atoms with Gasteiger partial charge in [0, 0.05) is 17.1 Å². The average Bonchev–Trinajstić information content (AvgIpc) is 3.41. The van der Waals surface area contributed by atoms with Crippen LogP contribution in [0.2, 0.25) is 0 Å². The number of aliphatic hydroxyl groups is 1. The molecule has 0 radical (unpaired) electrons. The third-order valence-corrected chi connectivity index (χ3v) is 5.90. The number of ketones is 1. The molecule has 2 aromatic carbocycles. The van der Waals surface area contributed by atoms with Crippen molar-refractivity contribution in [2.75, 3.05) is 11.5 Å². The molecule has 4 rings (SSSR count). The fraction of sp³-hybridized carbons (Fsp3) is 0.208. The Balaban J connectivity index is 1.82. The molecule has 6 nitrogen and oxygen atoms in total. The number of Topliss-reactive ketones (excluding diaryl/α,β-unsaturated/α-hetero) is 1. The summed E-state index contributed by atoms with van der Waals surface area (Å²) in [6.45, 7) is 2.59. The summed E-state index contributed by atoms with van der Waals surface area (Å²) in [7, 11) is 0. The fourth-order valence-corrected chi connectivity index (χ4v) is 4.22. The van der Waals surface area contributed by atoms with Crippen LogP contribution in [0.4, 0.5) is 9.52 Å². The van der Waals surface area contributed by atoms with Crippen molar-refractivity contribution in [2.45, 2.75) is 25.8 Å². The summed E-state index contributed by atoms with van der Waals surface area (Å²) in [6, 6.07) is 11.3. The molecule has 0 bridgehead atoms. The first kappa shape index (κ1) is 21.7. The van der Waals surface area contributed by atoms with Crippen molar-refractivity contribution in [3.8, 4) is 5.75 Å². The molecule has 1 aromatic heterocycles. The minimum absolute atomic E-state index is 0.0810. The third-order valence-electron chi connectivity index (χ3n) is 5.13. The van der Waals surface area contributed by atoms with E-state index in [2.05, 4.69) is 11.9 Å². The smallest absolute Gasteiger partial charge is 0.301 e. The zero-order chi connectivity index (χ0) is 22.7. The van der Waals surface area contributed by atoms with Gasteiger partial charge in [-0.3, -0.25) is 14.5 Å². The number of aliphatic hydroxyl groups excluding tert-OH is 1. The van der Waals surface area contributed by atoms with E-state index in [9.17, 15) is 19.1 Å². The van der Waals surface area contributed by atoms with E-state index < -0.39 is 23.5 Å². The number of hydrogen-bond donors (Lipinski definition) is 1. The number of benzene rings is 2. The van der Waals surface area contributed by atoms with Crippen molar-refractivity contribution in [3.63, 3.8) is 0 Å². The lowest BCUT2D eigenvalue weighted by atomic mass is 9.95. The Bertz CT molecular complexity index is 1160. The predicted molar refractivity (Wildman–Crippen MR) is 120 cm³/mol. The van der Waals surface area contributed by atoms with E-state index in [1.807, 2.05) is 0 Å². The number of unbranched alkanes of at least 4 members (excludes halogenated alkanes) is 1. The first-order valence-electron chi connectivity index (χ1n) is 10.2. The summed E-state index contributed by atoms with van der Waals surface area (Å²) in [5, 5.41) is 13.1. The Morgan fingerprint density at radius 3 is 2.69 bits per heavy atom. The molecule has 3 aromatic rings. The van der Waals surface area contributed by atoms with Gasteiger partial charge in [-0.2, -0.15) is 0 Å². The number of thiazole rings is 1. The summed E-state index contributed by atoms with van der Waals surface area (Å²) in [5.41, 5.74) is 0.753. The number of carbonyl (C=O) groups is 2. The summed E-state index contributed by atoms with van der Waals surface area (Å²) in [4.78, 5) is 31.4. The number of amides is 1. The van der Waals surface area contributed by atoms with Gasteiger partial charge in [0.15, 0.2) is 5.13 Å². The number of anilines is 1. The number of carbonyl (C=O) groups excluding carboxylic acids is 2. The van der Waals surface area contributed by atoms with Gasteiger partial charge in [0.25, 0.3) is 5.78 Å². The Labute approximate surface area is 188 Å². The van der Waals surface area contributed by atoms with Gasteiger partial charge in [-0.05, 0) is 36.2 Å². The minimum Gasteiger partial charge on any atom is -0.507 e. The normalized spacial score (nSPS) is 17.7. The van der Waals surface area contributed by atoms with Gasteiger partial charge >= 0.3 is 5.91 Å². The quantitative estimate of drug-likeness (QED) is 0.234. The van der Waals surface area contributed by atoms with Gasteiger partial charge in [0.1, 0.15) is 17.3 Å². The predicted octanol–water partition coefficient (Wildman–Crippen LogP) is 5.09. The van der Waals surface area contributed by atoms with Gasteiger partial charge in [-0.15, -0.1) is 11.3 Å². The molecule has 0 saturated carbocycles. The van der Waals surface area contributed by atoms with Crippen LogP contribution in [0.3, 0.4) is 0 Å². The Hall–Kier alpha value is -3.52. The molecule has 1 atom stereocenters. The van der Waals surface area contributed by atoms with E-state index in [1.165, 1.54) is 46.7 Å². The van der Waals surface area contributed by atoms with Crippen molar-refractivity contribution < 1.29 is 23.8 Å². The minimum atomic E-state index is -0.939. The van der Waals surface area contributed by atoms with Crippen molar-refractivity contribution in [1.82, 2.24) is 4.98 Å².